The van der Waals surface area contributed by atoms with E-state index in [0.717, 1.165) is 18.5 Å². The van der Waals surface area contributed by atoms with Gasteiger partial charge in [0.2, 0.25) is 5.91 Å². The first-order chi connectivity index (χ1) is 18.5. The number of hydrogen-bond donors (Lipinski definition) is 1. The average Bonchev–Trinajstić information content (AvgIpc) is 3.13. The quantitative estimate of drug-likeness (QED) is 0.564. The Morgan fingerprint density at radius 1 is 0.923 bits per heavy atom. The summed E-state index contributed by atoms with van der Waals surface area (Å²) in [6.45, 7) is 9.19. The molecule has 2 heterocycles. The number of esters is 1. The maximum atomic E-state index is 13.4. The Morgan fingerprint density at radius 2 is 1.64 bits per heavy atom. The molecule has 2 aromatic rings. The van der Waals surface area contributed by atoms with E-state index < -0.39 is 11.6 Å². The Labute approximate surface area is 228 Å². The molecule has 0 atom stereocenters. The van der Waals surface area contributed by atoms with Gasteiger partial charge in [0.1, 0.15) is 11.4 Å². The third-order valence-corrected chi connectivity index (χ3v) is 6.64. The van der Waals surface area contributed by atoms with Crippen LogP contribution in [-0.4, -0.2) is 79.0 Å². The molecule has 39 heavy (non-hydrogen) atoms. The Kier molecular flexibility index (Phi) is 8.54. The fraction of sp³-hybridized carbons (Fsp3) is 0.448. The first kappa shape index (κ1) is 28.1. The molecule has 0 bridgehead atoms. The van der Waals surface area contributed by atoms with Gasteiger partial charge in [-0.2, -0.15) is 0 Å². The lowest BCUT2D eigenvalue weighted by atomic mass is 10.1. The lowest BCUT2D eigenvalue weighted by Gasteiger charge is -2.28. The molecule has 2 aromatic carbocycles. The van der Waals surface area contributed by atoms with E-state index in [9.17, 15) is 19.2 Å². The third kappa shape index (κ3) is 7.14. The summed E-state index contributed by atoms with van der Waals surface area (Å²) >= 11 is 0. The standard InChI is InChI=1S/C29H36N4O6/c1-29(2,3)39-27(36)21-8-6-20(7-9-21)19-31-13-5-14-32(17-16-31)26(35)22-10-11-24(38-4)23(18-22)33-15-12-25(34)30-28(33)37/h6-11,18H,5,12-17,19H2,1-4H3,(H,30,34,37). The SMILES string of the molecule is COc1ccc(C(=O)N2CCCN(Cc3ccc(C(=O)OC(C)(C)C)cc3)CC2)cc1N1CCC(=O)NC1=O. The lowest BCUT2D eigenvalue weighted by molar-refractivity contribution is -0.120. The first-order valence-electron chi connectivity index (χ1n) is 13.2. The summed E-state index contributed by atoms with van der Waals surface area (Å²) in [6.07, 6.45) is 1.00. The van der Waals surface area contributed by atoms with E-state index in [2.05, 4.69) is 10.2 Å². The number of nitrogens with one attached hydrogen (secondary N) is 1. The van der Waals surface area contributed by atoms with Crippen LogP contribution in [0.5, 0.6) is 5.75 Å². The van der Waals surface area contributed by atoms with Crippen LogP contribution in [0.2, 0.25) is 0 Å². The molecule has 0 spiro atoms. The average molecular weight is 537 g/mol. The van der Waals surface area contributed by atoms with Crippen molar-refractivity contribution in [2.45, 2.75) is 45.8 Å². The van der Waals surface area contributed by atoms with Gasteiger partial charge in [0.05, 0.1) is 18.4 Å². The lowest BCUT2D eigenvalue weighted by Crippen LogP contribution is -2.49. The molecule has 2 aliphatic rings. The molecule has 0 aliphatic carbocycles. The smallest absolute Gasteiger partial charge is 0.338 e. The predicted octanol–water partition coefficient (Wildman–Crippen LogP) is 3.44. The Balaban J connectivity index is 1.38. The summed E-state index contributed by atoms with van der Waals surface area (Å²) in [5.74, 6) is -0.323. The van der Waals surface area contributed by atoms with Gasteiger partial charge in [-0.05, 0) is 63.1 Å². The molecule has 4 amide bonds. The molecule has 208 valence electrons. The van der Waals surface area contributed by atoms with Gasteiger partial charge in [-0.15, -0.1) is 0 Å². The van der Waals surface area contributed by atoms with Crippen molar-refractivity contribution >= 4 is 29.5 Å². The fourth-order valence-corrected chi connectivity index (χ4v) is 4.68. The van der Waals surface area contributed by atoms with E-state index in [1.54, 1.807) is 30.3 Å². The number of benzene rings is 2. The number of nitrogens with zero attached hydrogens (tertiary/aromatic N) is 3. The number of anilines is 1. The summed E-state index contributed by atoms with van der Waals surface area (Å²) in [5.41, 5.74) is 1.98. The molecule has 2 fully saturated rings. The number of rotatable bonds is 6. The van der Waals surface area contributed by atoms with Crippen LogP contribution in [0, 0.1) is 0 Å². The fourth-order valence-electron chi connectivity index (χ4n) is 4.68. The summed E-state index contributed by atoms with van der Waals surface area (Å²) in [4.78, 5) is 55.3. The van der Waals surface area contributed by atoms with Crippen LogP contribution in [-0.2, 0) is 16.1 Å². The highest BCUT2D eigenvalue weighted by molar-refractivity contribution is 6.07. The van der Waals surface area contributed by atoms with E-state index in [4.69, 9.17) is 9.47 Å². The van der Waals surface area contributed by atoms with Crippen LogP contribution in [0.3, 0.4) is 0 Å². The van der Waals surface area contributed by atoms with Crippen LogP contribution >= 0.6 is 0 Å². The maximum absolute atomic E-state index is 13.4. The van der Waals surface area contributed by atoms with E-state index in [0.29, 0.717) is 48.7 Å². The van der Waals surface area contributed by atoms with Crippen molar-refractivity contribution in [3.05, 3.63) is 59.2 Å². The summed E-state index contributed by atoms with van der Waals surface area (Å²) in [5, 5.41) is 2.31. The number of amides is 4. The van der Waals surface area contributed by atoms with Crippen LogP contribution < -0.4 is 15.0 Å². The van der Waals surface area contributed by atoms with Gasteiger partial charge >= 0.3 is 12.0 Å². The molecule has 4 rings (SSSR count). The normalized spacial score (nSPS) is 16.9. The van der Waals surface area contributed by atoms with Gasteiger partial charge in [-0.3, -0.25) is 24.7 Å². The second-order valence-electron chi connectivity index (χ2n) is 10.8. The second kappa shape index (κ2) is 11.9. The van der Waals surface area contributed by atoms with E-state index in [-0.39, 0.29) is 30.7 Å². The van der Waals surface area contributed by atoms with Crippen molar-refractivity contribution in [2.24, 2.45) is 0 Å². The van der Waals surface area contributed by atoms with Crippen molar-refractivity contribution in [2.75, 3.05) is 44.7 Å². The second-order valence-corrected chi connectivity index (χ2v) is 10.8. The molecule has 0 aromatic heterocycles. The van der Waals surface area contributed by atoms with Gasteiger partial charge in [0, 0.05) is 51.3 Å². The molecule has 2 saturated heterocycles. The minimum atomic E-state index is -0.541. The molecule has 10 nitrogen and oxygen atoms in total. The topological polar surface area (TPSA) is 108 Å². The summed E-state index contributed by atoms with van der Waals surface area (Å²) < 4.78 is 10.9. The maximum Gasteiger partial charge on any atom is 0.338 e. The number of carbonyl (C=O) groups is 4. The predicted molar refractivity (Wildman–Crippen MR) is 146 cm³/mol. The molecular weight excluding hydrogens is 500 g/mol. The van der Waals surface area contributed by atoms with Gasteiger partial charge in [-0.25, -0.2) is 9.59 Å². The largest absolute Gasteiger partial charge is 0.495 e. The molecule has 0 unspecified atom stereocenters. The Morgan fingerprint density at radius 3 is 2.31 bits per heavy atom. The number of carbonyl (C=O) groups excluding carboxylic acids is 4. The number of methoxy groups -OCH3 is 1. The van der Waals surface area contributed by atoms with Crippen molar-refractivity contribution in [3.63, 3.8) is 0 Å². The van der Waals surface area contributed by atoms with Gasteiger partial charge in [0.25, 0.3) is 5.91 Å². The molecule has 2 aliphatic heterocycles. The van der Waals surface area contributed by atoms with Crippen LogP contribution in [0.15, 0.2) is 42.5 Å². The van der Waals surface area contributed by atoms with E-state index in [1.165, 1.54) is 12.0 Å². The van der Waals surface area contributed by atoms with Crippen molar-refractivity contribution in [1.82, 2.24) is 15.1 Å². The van der Waals surface area contributed by atoms with Crippen LogP contribution in [0.4, 0.5) is 10.5 Å². The Hall–Kier alpha value is -3.92. The number of imide groups is 1. The molecule has 0 saturated carbocycles. The minimum Gasteiger partial charge on any atom is -0.495 e. The monoisotopic (exact) mass is 536 g/mol. The number of ether oxygens (including phenoxy) is 2. The van der Waals surface area contributed by atoms with Crippen molar-refractivity contribution < 1.29 is 28.7 Å². The van der Waals surface area contributed by atoms with Crippen LogP contribution in [0.1, 0.15) is 59.9 Å². The zero-order valence-corrected chi connectivity index (χ0v) is 23.0. The van der Waals surface area contributed by atoms with Crippen molar-refractivity contribution in [1.29, 1.82) is 0 Å². The zero-order valence-electron chi connectivity index (χ0n) is 23.0. The number of urea groups is 1. The van der Waals surface area contributed by atoms with E-state index in [1.807, 2.05) is 37.8 Å². The first-order valence-corrected chi connectivity index (χ1v) is 13.2. The summed E-state index contributed by atoms with van der Waals surface area (Å²) in [6, 6.07) is 12.0. The van der Waals surface area contributed by atoms with Crippen molar-refractivity contribution in [3.8, 4) is 5.75 Å². The minimum absolute atomic E-state index is 0.115. The molecule has 1 N–H and O–H groups in total. The molecular formula is C29H36N4O6. The Bertz CT molecular complexity index is 1240. The highest BCUT2D eigenvalue weighted by atomic mass is 16.6. The highest BCUT2D eigenvalue weighted by Gasteiger charge is 2.28. The van der Waals surface area contributed by atoms with Gasteiger partial charge < -0.3 is 14.4 Å². The zero-order chi connectivity index (χ0) is 28.2. The third-order valence-electron chi connectivity index (χ3n) is 6.64. The highest BCUT2D eigenvalue weighted by Crippen LogP contribution is 2.31. The molecule has 0 radical (unpaired) electrons. The van der Waals surface area contributed by atoms with Gasteiger partial charge in [0.15, 0.2) is 0 Å². The number of hydrogen-bond acceptors (Lipinski definition) is 7. The van der Waals surface area contributed by atoms with Gasteiger partial charge in [-0.1, -0.05) is 12.1 Å². The van der Waals surface area contributed by atoms with E-state index >= 15 is 0 Å². The summed E-state index contributed by atoms with van der Waals surface area (Å²) in [7, 11) is 1.50. The van der Waals surface area contributed by atoms with Crippen LogP contribution in [0.25, 0.3) is 0 Å². The molecule has 10 heteroatoms.